The van der Waals surface area contributed by atoms with Gasteiger partial charge in [0.2, 0.25) is 0 Å². The van der Waals surface area contributed by atoms with Gasteiger partial charge < -0.3 is 10.3 Å². The van der Waals surface area contributed by atoms with Crippen molar-refractivity contribution in [2.24, 2.45) is 0 Å². The first-order valence-electron chi connectivity index (χ1n) is 8.80. The minimum absolute atomic E-state index is 0.217. The predicted octanol–water partition coefficient (Wildman–Crippen LogP) is 2.60. The van der Waals surface area contributed by atoms with E-state index in [2.05, 4.69) is 20.5 Å². The highest BCUT2D eigenvalue weighted by Crippen LogP contribution is 2.20. The second-order valence-corrected chi connectivity index (χ2v) is 6.49. The number of hydrogen-bond donors (Lipinski definition) is 3. The number of para-hydroxylation sites is 2. The van der Waals surface area contributed by atoms with E-state index in [0.717, 1.165) is 16.6 Å². The average Bonchev–Trinajstić information content (AvgIpc) is 3.29. The van der Waals surface area contributed by atoms with Gasteiger partial charge in [-0.2, -0.15) is 5.10 Å². The third-order valence-corrected chi connectivity index (χ3v) is 4.58. The molecule has 1 amide bonds. The van der Waals surface area contributed by atoms with Gasteiger partial charge in [-0.15, -0.1) is 0 Å². The van der Waals surface area contributed by atoms with Gasteiger partial charge in [-0.25, -0.2) is 9.18 Å². The van der Waals surface area contributed by atoms with Gasteiger partial charge in [-0.05, 0) is 48.9 Å². The number of benzene rings is 2. The monoisotopic (exact) mass is 379 g/mol. The van der Waals surface area contributed by atoms with Gasteiger partial charge in [0.15, 0.2) is 0 Å². The molecule has 0 saturated heterocycles. The lowest BCUT2D eigenvalue weighted by molar-refractivity contribution is 0.0947. The third-order valence-electron chi connectivity index (χ3n) is 4.58. The van der Waals surface area contributed by atoms with Crippen molar-refractivity contribution in [3.8, 4) is 11.3 Å². The molecule has 0 aliphatic heterocycles. The lowest BCUT2D eigenvalue weighted by atomic mass is 10.1. The van der Waals surface area contributed by atoms with Crippen LogP contribution in [-0.2, 0) is 6.54 Å². The average molecular weight is 379 g/mol. The SMILES string of the molecule is Cc1cc(-c2cc(C(=O)NCCn3c(=O)[nH]c4ccccc43)[nH]n2)ccc1F. The molecule has 4 aromatic rings. The number of amides is 1. The van der Waals surface area contributed by atoms with Crippen molar-refractivity contribution < 1.29 is 9.18 Å². The topological polar surface area (TPSA) is 95.6 Å². The molecule has 28 heavy (non-hydrogen) atoms. The van der Waals surface area contributed by atoms with E-state index in [1.54, 1.807) is 29.7 Å². The zero-order chi connectivity index (χ0) is 19.7. The van der Waals surface area contributed by atoms with E-state index in [0.29, 0.717) is 23.5 Å². The Hall–Kier alpha value is -3.68. The van der Waals surface area contributed by atoms with Gasteiger partial charge in [-0.1, -0.05) is 12.1 Å². The summed E-state index contributed by atoms with van der Waals surface area (Å²) in [5, 5.41) is 9.59. The number of carbonyl (C=O) groups excluding carboxylic acids is 1. The van der Waals surface area contributed by atoms with Crippen LogP contribution in [-0.4, -0.2) is 32.2 Å². The number of imidazole rings is 1. The number of halogens is 1. The lowest BCUT2D eigenvalue weighted by Gasteiger charge is -2.05. The number of rotatable bonds is 5. The molecule has 0 bridgehead atoms. The molecule has 4 rings (SSSR count). The van der Waals surface area contributed by atoms with Crippen molar-refractivity contribution in [3.05, 3.63) is 76.1 Å². The van der Waals surface area contributed by atoms with E-state index < -0.39 is 0 Å². The molecule has 2 heterocycles. The summed E-state index contributed by atoms with van der Waals surface area (Å²) >= 11 is 0. The Balaban J connectivity index is 1.43. The van der Waals surface area contributed by atoms with E-state index >= 15 is 0 Å². The summed E-state index contributed by atoms with van der Waals surface area (Å²) in [7, 11) is 0. The van der Waals surface area contributed by atoms with Gasteiger partial charge in [0, 0.05) is 18.7 Å². The number of aryl methyl sites for hydroxylation is 1. The van der Waals surface area contributed by atoms with Crippen LogP contribution in [0.1, 0.15) is 16.1 Å². The highest BCUT2D eigenvalue weighted by atomic mass is 19.1. The molecule has 0 radical (unpaired) electrons. The smallest absolute Gasteiger partial charge is 0.326 e. The Bertz CT molecular complexity index is 1220. The fraction of sp³-hybridized carbons (Fsp3) is 0.150. The van der Waals surface area contributed by atoms with Crippen LogP contribution in [0.5, 0.6) is 0 Å². The summed E-state index contributed by atoms with van der Waals surface area (Å²) in [6, 6.07) is 13.7. The molecule has 0 fully saturated rings. The molecular weight excluding hydrogens is 361 g/mol. The van der Waals surface area contributed by atoms with E-state index in [4.69, 9.17) is 0 Å². The van der Waals surface area contributed by atoms with Crippen LogP contribution in [0.3, 0.4) is 0 Å². The van der Waals surface area contributed by atoms with Crippen molar-refractivity contribution in [2.45, 2.75) is 13.5 Å². The Morgan fingerprint density at radius 2 is 2.04 bits per heavy atom. The zero-order valence-electron chi connectivity index (χ0n) is 15.1. The summed E-state index contributed by atoms with van der Waals surface area (Å²) in [6.45, 7) is 2.29. The van der Waals surface area contributed by atoms with Crippen LogP contribution in [0.15, 0.2) is 53.3 Å². The van der Waals surface area contributed by atoms with Gasteiger partial charge >= 0.3 is 5.69 Å². The summed E-state index contributed by atoms with van der Waals surface area (Å²) in [6.07, 6.45) is 0. The van der Waals surface area contributed by atoms with Crippen molar-refractivity contribution in [1.82, 2.24) is 25.1 Å². The highest BCUT2D eigenvalue weighted by Gasteiger charge is 2.12. The van der Waals surface area contributed by atoms with Crippen molar-refractivity contribution >= 4 is 16.9 Å². The highest BCUT2D eigenvalue weighted by molar-refractivity contribution is 5.93. The standard InChI is InChI=1S/C20H18FN5O2/c1-12-10-13(6-7-14(12)21)16-11-17(25-24-16)19(27)22-8-9-26-18-5-3-2-4-15(18)23-20(26)28/h2-7,10-11H,8-9H2,1H3,(H,22,27)(H,23,28)(H,24,25). The first kappa shape index (κ1) is 17.7. The van der Waals surface area contributed by atoms with Gasteiger partial charge in [0.05, 0.1) is 16.7 Å². The van der Waals surface area contributed by atoms with E-state index in [9.17, 15) is 14.0 Å². The molecule has 0 aliphatic carbocycles. The largest absolute Gasteiger partial charge is 0.349 e. The van der Waals surface area contributed by atoms with Crippen LogP contribution in [0.2, 0.25) is 0 Å². The Morgan fingerprint density at radius 3 is 2.86 bits per heavy atom. The van der Waals surface area contributed by atoms with E-state index in [1.165, 1.54) is 6.07 Å². The third kappa shape index (κ3) is 3.32. The first-order chi connectivity index (χ1) is 13.5. The van der Waals surface area contributed by atoms with E-state index in [1.807, 2.05) is 24.3 Å². The predicted molar refractivity (Wildman–Crippen MR) is 104 cm³/mol. The Labute approximate surface area is 159 Å². The molecule has 0 aliphatic rings. The number of hydrogen-bond acceptors (Lipinski definition) is 3. The van der Waals surface area contributed by atoms with Crippen LogP contribution in [0.4, 0.5) is 4.39 Å². The molecule has 2 aromatic carbocycles. The van der Waals surface area contributed by atoms with Crippen LogP contribution >= 0.6 is 0 Å². The molecule has 0 spiro atoms. The Kier molecular flexibility index (Phi) is 4.52. The van der Waals surface area contributed by atoms with Crippen molar-refractivity contribution in [3.63, 3.8) is 0 Å². The number of carbonyl (C=O) groups is 1. The number of nitrogens with zero attached hydrogens (tertiary/aromatic N) is 2. The maximum atomic E-state index is 13.4. The number of fused-ring (bicyclic) bond motifs is 1. The lowest BCUT2D eigenvalue weighted by Crippen LogP contribution is -2.30. The molecular formula is C20H18FN5O2. The quantitative estimate of drug-likeness (QED) is 0.497. The minimum Gasteiger partial charge on any atom is -0.349 e. The number of aromatic amines is 2. The van der Waals surface area contributed by atoms with Gasteiger partial charge in [0.25, 0.3) is 5.91 Å². The first-order valence-corrected chi connectivity index (χ1v) is 8.80. The fourth-order valence-corrected chi connectivity index (χ4v) is 3.10. The number of aromatic nitrogens is 4. The van der Waals surface area contributed by atoms with Crippen molar-refractivity contribution in [1.29, 1.82) is 0 Å². The molecule has 0 unspecified atom stereocenters. The van der Waals surface area contributed by atoms with Crippen molar-refractivity contribution in [2.75, 3.05) is 6.54 Å². The number of H-pyrrole nitrogens is 2. The normalized spacial score (nSPS) is 11.1. The second kappa shape index (κ2) is 7.15. The molecule has 0 saturated carbocycles. The summed E-state index contributed by atoms with van der Waals surface area (Å²) in [5.74, 6) is -0.616. The maximum Gasteiger partial charge on any atom is 0.326 e. The summed E-state index contributed by atoms with van der Waals surface area (Å²) < 4.78 is 15.0. The van der Waals surface area contributed by atoms with Crippen LogP contribution < -0.4 is 11.0 Å². The molecule has 2 aromatic heterocycles. The molecule has 8 heteroatoms. The van der Waals surface area contributed by atoms with E-state index in [-0.39, 0.29) is 24.0 Å². The number of nitrogens with one attached hydrogen (secondary N) is 3. The van der Waals surface area contributed by atoms with Gasteiger partial charge in [-0.3, -0.25) is 14.5 Å². The fourth-order valence-electron chi connectivity index (χ4n) is 3.10. The minimum atomic E-state index is -0.328. The molecule has 3 N–H and O–H groups in total. The zero-order valence-corrected chi connectivity index (χ0v) is 15.1. The Morgan fingerprint density at radius 1 is 1.21 bits per heavy atom. The van der Waals surface area contributed by atoms with Crippen LogP contribution in [0.25, 0.3) is 22.3 Å². The molecule has 7 nitrogen and oxygen atoms in total. The summed E-state index contributed by atoms with van der Waals surface area (Å²) in [5.41, 5.74) is 3.41. The van der Waals surface area contributed by atoms with Gasteiger partial charge in [0.1, 0.15) is 11.5 Å². The van der Waals surface area contributed by atoms with Crippen LogP contribution in [0, 0.1) is 12.7 Å². The summed E-state index contributed by atoms with van der Waals surface area (Å²) in [4.78, 5) is 27.2. The maximum absolute atomic E-state index is 13.4. The molecule has 0 atom stereocenters. The molecule has 142 valence electrons. The second-order valence-electron chi connectivity index (χ2n) is 6.49.